The summed E-state index contributed by atoms with van der Waals surface area (Å²) < 4.78 is 0. The summed E-state index contributed by atoms with van der Waals surface area (Å²) in [6, 6.07) is 15.9. The van der Waals surface area contributed by atoms with Crippen molar-refractivity contribution in [2.24, 2.45) is 0 Å². The van der Waals surface area contributed by atoms with Crippen molar-refractivity contribution in [2.75, 3.05) is 0 Å². The van der Waals surface area contributed by atoms with Crippen molar-refractivity contribution in [3.05, 3.63) is 65.2 Å². The summed E-state index contributed by atoms with van der Waals surface area (Å²) in [4.78, 5) is 0. The topological polar surface area (TPSA) is 20.2 Å². The quantitative estimate of drug-likeness (QED) is 0.785. The zero-order valence-corrected chi connectivity index (χ0v) is 8.77. The lowest BCUT2D eigenvalue weighted by molar-refractivity contribution is 0.475. The van der Waals surface area contributed by atoms with Gasteiger partial charge in [-0.3, -0.25) is 0 Å². The molecule has 0 aliphatic rings. The Labute approximate surface area is 90.0 Å². The maximum Gasteiger partial charge on any atom is 0.115 e. The summed E-state index contributed by atoms with van der Waals surface area (Å²) in [6.07, 6.45) is 0.917. The van der Waals surface area contributed by atoms with E-state index < -0.39 is 0 Å². The van der Waals surface area contributed by atoms with Crippen molar-refractivity contribution >= 4 is 0 Å². The summed E-state index contributed by atoms with van der Waals surface area (Å²) in [5.41, 5.74) is 3.80. The molecule has 0 saturated carbocycles. The molecule has 76 valence electrons. The molecule has 15 heavy (non-hydrogen) atoms. The normalized spacial score (nSPS) is 10.2. The number of aryl methyl sites for hydroxylation is 1. The minimum Gasteiger partial charge on any atom is -0.508 e. The number of hydrogen-bond donors (Lipinski definition) is 1. The summed E-state index contributed by atoms with van der Waals surface area (Å²) in [5.74, 6) is 0.322. The second-order valence-corrected chi connectivity index (χ2v) is 3.83. The number of phenols is 1. The molecular weight excluding hydrogens is 184 g/mol. The second-order valence-electron chi connectivity index (χ2n) is 3.83. The van der Waals surface area contributed by atoms with E-state index >= 15 is 0 Å². The standard InChI is InChI=1S/C14H14O/c1-11-2-4-12(5-3-11)10-13-6-8-14(15)9-7-13/h2-9,15H,10H2,1H3. The first-order valence-corrected chi connectivity index (χ1v) is 5.07. The third-order valence-electron chi connectivity index (χ3n) is 2.47. The summed E-state index contributed by atoms with van der Waals surface area (Å²) in [5, 5.41) is 9.16. The number of phenolic OH excluding ortho intramolecular Hbond substituents is 1. The van der Waals surface area contributed by atoms with Gasteiger partial charge in [-0.15, -0.1) is 0 Å². The van der Waals surface area contributed by atoms with Crippen LogP contribution in [0, 0.1) is 6.92 Å². The van der Waals surface area contributed by atoms with Gasteiger partial charge >= 0.3 is 0 Å². The lowest BCUT2D eigenvalue weighted by atomic mass is 10.0. The summed E-state index contributed by atoms with van der Waals surface area (Å²) in [6.45, 7) is 2.09. The van der Waals surface area contributed by atoms with E-state index in [4.69, 9.17) is 5.11 Å². The zero-order valence-electron chi connectivity index (χ0n) is 8.77. The number of aromatic hydroxyl groups is 1. The fourth-order valence-electron chi connectivity index (χ4n) is 1.56. The van der Waals surface area contributed by atoms with Gasteiger partial charge in [0.25, 0.3) is 0 Å². The first-order valence-electron chi connectivity index (χ1n) is 5.07. The molecule has 0 amide bonds. The zero-order chi connectivity index (χ0) is 10.7. The minimum absolute atomic E-state index is 0.322. The van der Waals surface area contributed by atoms with Gasteiger partial charge in [-0.25, -0.2) is 0 Å². The molecule has 0 heterocycles. The van der Waals surface area contributed by atoms with Gasteiger partial charge in [-0.1, -0.05) is 42.0 Å². The van der Waals surface area contributed by atoms with E-state index in [0.29, 0.717) is 5.75 Å². The molecule has 0 aliphatic carbocycles. The molecule has 0 saturated heterocycles. The van der Waals surface area contributed by atoms with Crippen LogP contribution in [0.1, 0.15) is 16.7 Å². The van der Waals surface area contributed by atoms with Crippen LogP contribution >= 0.6 is 0 Å². The molecule has 0 aromatic heterocycles. The van der Waals surface area contributed by atoms with Gasteiger partial charge in [0.05, 0.1) is 0 Å². The van der Waals surface area contributed by atoms with Gasteiger partial charge < -0.3 is 5.11 Å². The fourth-order valence-corrected chi connectivity index (χ4v) is 1.56. The minimum atomic E-state index is 0.322. The van der Waals surface area contributed by atoms with Crippen LogP contribution in [0.2, 0.25) is 0 Å². The van der Waals surface area contributed by atoms with Crippen molar-refractivity contribution in [1.82, 2.24) is 0 Å². The molecule has 0 fully saturated rings. The van der Waals surface area contributed by atoms with E-state index in [-0.39, 0.29) is 0 Å². The molecule has 0 bridgehead atoms. The highest BCUT2D eigenvalue weighted by molar-refractivity contribution is 5.31. The maximum atomic E-state index is 9.16. The molecule has 2 aromatic rings. The molecule has 0 aliphatic heterocycles. The SMILES string of the molecule is Cc1ccc(Cc2ccc(O)cc2)cc1. The summed E-state index contributed by atoms with van der Waals surface area (Å²) >= 11 is 0. The van der Waals surface area contributed by atoms with Gasteiger partial charge in [0, 0.05) is 0 Å². The Morgan fingerprint density at radius 3 is 1.80 bits per heavy atom. The molecule has 0 atom stereocenters. The first kappa shape index (κ1) is 9.78. The third-order valence-corrected chi connectivity index (χ3v) is 2.47. The Balaban J connectivity index is 2.15. The van der Waals surface area contributed by atoms with Gasteiger partial charge in [0.1, 0.15) is 5.75 Å². The van der Waals surface area contributed by atoms with Crippen molar-refractivity contribution in [3.63, 3.8) is 0 Å². The van der Waals surface area contributed by atoms with Crippen LogP contribution in [0.3, 0.4) is 0 Å². The Hall–Kier alpha value is -1.76. The fraction of sp³-hybridized carbons (Fsp3) is 0.143. The molecule has 2 rings (SSSR count). The van der Waals surface area contributed by atoms with Gasteiger partial charge in [-0.2, -0.15) is 0 Å². The molecule has 0 spiro atoms. The number of rotatable bonds is 2. The van der Waals surface area contributed by atoms with Crippen molar-refractivity contribution in [2.45, 2.75) is 13.3 Å². The number of hydrogen-bond acceptors (Lipinski definition) is 1. The number of benzene rings is 2. The maximum absolute atomic E-state index is 9.16. The molecule has 1 heteroatoms. The second kappa shape index (κ2) is 4.18. The monoisotopic (exact) mass is 198 g/mol. The highest BCUT2D eigenvalue weighted by Crippen LogP contribution is 2.14. The van der Waals surface area contributed by atoms with Crippen molar-refractivity contribution < 1.29 is 5.11 Å². The smallest absolute Gasteiger partial charge is 0.115 e. The van der Waals surface area contributed by atoms with Gasteiger partial charge in [-0.05, 0) is 36.6 Å². The molecular formula is C14H14O. The van der Waals surface area contributed by atoms with E-state index in [0.717, 1.165) is 6.42 Å². The molecule has 0 unspecified atom stereocenters. The van der Waals surface area contributed by atoms with E-state index in [1.807, 2.05) is 12.1 Å². The first-order chi connectivity index (χ1) is 7.24. The van der Waals surface area contributed by atoms with Crippen LogP contribution in [0.25, 0.3) is 0 Å². The highest BCUT2D eigenvalue weighted by atomic mass is 16.3. The molecule has 0 radical (unpaired) electrons. The lowest BCUT2D eigenvalue weighted by Gasteiger charge is -2.02. The Morgan fingerprint density at radius 2 is 1.27 bits per heavy atom. The highest BCUT2D eigenvalue weighted by Gasteiger charge is 1.96. The van der Waals surface area contributed by atoms with Crippen LogP contribution in [-0.4, -0.2) is 5.11 Å². The predicted molar refractivity (Wildman–Crippen MR) is 62.1 cm³/mol. The Bertz CT molecular complexity index is 382. The van der Waals surface area contributed by atoms with Crippen LogP contribution in [0.15, 0.2) is 48.5 Å². The van der Waals surface area contributed by atoms with Crippen LogP contribution in [0.5, 0.6) is 5.75 Å². The molecule has 1 N–H and O–H groups in total. The third kappa shape index (κ3) is 2.59. The van der Waals surface area contributed by atoms with Crippen molar-refractivity contribution in [1.29, 1.82) is 0 Å². The van der Waals surface area contributed by atoms with Crippen LogP contribution < -0.4 is 0 Å². The average molecular weight is 198 g/mol. The lowest BCUT2D eigenvalue weighted by Crippen LogP contribution is -1.87. The van der Waals surface area contributed by atoms with Crippen molar-refractivity contribution in [3.8, 4) is 5.75 Å². The summed E-state index contributed by atoms with van der Waals surface area (Å²) in [7, 11) is 0. The molecule has 2 aromatic carbocycles. The van der Waals surface area contributed by atoms with Gasteiger partial charge in [0.2, 0.25) is 0 Å². The van der Waals surface area contributed by atoms with E-state index in [9.17, 15) is 0 Å². The average Bonchev–Trinajstić information content (AvgIpc) is 2.25. The van der Waals surface area contributed by atoms with E-state index in [2.05, 4.69) is 31.2 Å². The van der Waals surface area contributed by atoms with Gasteiger partial charge in [0.15, 0.2) is 0 Å². The Morgan fingerprint density at radius 1 is 0.800 bits per heavy atom. The predicted octanol–water partition coefficient (Wildman–Crippen LogP) is 3.29. The largest absolute Gasteiger partial charge is 0.508 e. The van der Waals surface area contributed by atoms with Crippen LogP contribution in [0.4, 0.5) is 0 Å². The van der Waals surface area contributed by atoms with Crippen LogP contribution in [-0.2, 0) is 6.42 Å². The van der Waals surface area contributed by atoms with E-state index in [1.54, 1.807) is 12.1 Å². The van der Waals surface area contributed by atoms with E-state index in [1.165, 1.54) is 16.7 Å². The molecule has 1 nitrogen and oxygen atoms in total. The Kier molecular flexibility index (Phi) is 2.72.